The second kappa shape index (κ2) is 72.1. The van der Waals surface area contributed by atoms with Crippen molar-refractivity contribution in [3.63, 3.8) is 0 Å². The van der Waals surface area contributed by atoms with Crippen LogP contribution in [0.5, 0.6) is 0 Å². The molecule has 0 spiro atoms. The number of nitrogen functional groups attached to an aromatic ring is 2. The fourth-order valence-corrected chi connectivity index (χ4v) is 2.08. The molecule has 4 heterocycles. The molecular formula is C18H52Cl2N10O24Rh2. The summed E-state index contributed by atoms with van der Waals surface area (Å²) in [6.07, 6.45) is 2.98. The van der Waals surface area contributed by atoms with Gasteiger partial charge in [-0.1, -0.05) is 23.2 Å². The van der Waals surface area contributed by atoms with Crippen molar-refractivity contribution >= 4 is 81.3 Å². The van der Waals surface area contributed by atoms with Crippen molar-refractivity contribution in [2.45, 2.75) is 27.7 Å². The van der Waals surface area contributed by atoms with Crippen LogP contribution in [0.25, 0.3) is 22.3 Å². The number of aliphatic carboxylic acids is 4. The number of halogens is 2. The SMILES string of the molecule is CC(=O)[O-].CC(=O)[O-].CC(=O)[O-].CC(=O)[O-].Nc1nc(Cl)c2nc[nH]c2n1.Nc1nc(Cl)c2nc[nH]c2n1.O.O.O.O.O.O.O.O.O.O.O.O.O.O.O.O.[Rh+2].[Rh+2]. The number of nitrogens with two attached hydrogens (primary N) is 2. The number of carbonyl (C=O) groups is 4. The van der Waals surface area contributed by atoms with Crippen molar-refractivity contribution in [2.75, 3.05) is 11.5 Å². The molecule has 4 aromatic heterocycles. The van der Waals surface area contributed by atoms with Gasteiger partial charge in [-0.3, -0.25) is 0 Å². The second-order valence-electron chi connectivity index (χ2n) is 5.91. The summed E-state index contributed by atoms with van der Waals surface area (Å²) < 4.78 is 0. The number of carboxylic acid groups (broad SMARTS) is 4. The Morgan fingerprint density at radius 3 is 0.786 bits per heavy atom. The molecule has 0 saturated carbocycles. The zero-order valence-electron chi connectivity index (χ0n) is 28.7. The normalized spacial score (nSPS) is 5.96. The Morgan fingerprint density at radius 2 is 0.625 bits per heavy atom. The Morgan fingerprint density at radius 1 is 0.464 bits per heavy atom. The van der Waals surface area contributed by atoms with Crippen molar-refractivity contribution in [3.8, 4) is 0 Å². The van der Waals surface area contributed by atoms with Gasteiger partial charge < -0.3 is 149 Å². The molecule has 38 N–H and O–H groups in total. The van der Waals surface area contributed by atoms with Gasteiger partial charge in [0.15, 0.2) is 21.6 Å². The summed E-state index contributed by atoms with van der Waals surface area (Å²) in [4.78, 5) is 64.1. The van der Waals surface area contributed by atoms with Crippen LogP contribution in [-0.2, 0) is 58.1 Å². The summed E-state index contributed by atoms with van der Waals surface area (Å²) >= 11 is 11.4. The third-order valence-corrected chi connectivity index (χ3v) is 3.03. The number of aromatic amines is 2. The minimum Gasteiger partial charge on any atom is -0.550 e. The molecule has 0 unspecified atom stereocenters. The Bertz CT molecular complexity index is 1240. The van der Waals surface area contributed by atoms with Gasteiger partial charge in [0.2, 0.25) is 11.9 Å². The van der Waals surface area contributed by atoms with Crippen molar-refractivity contribution in [1.29, 1.82) is 0 Å². The van der Waals surface area contributed by atoms with Crippen LogP contribution in [0, 0.1) is 0 Å². The molecule has 0 bridgehead atoms. The van der Waals surface area contributed by atoms with Crippen LogP contribution in [-0.4, -0.2) is 151 Å². The third-order valence-electron chi connectivity index (χ3n) is 2.51. The van der Waals surface area contributed by atoms with E-state index in [9.17, 15) is 0 Å². The summed E-state index contributed by atoms with van der Waals surface area (Å²) in [5.41, 5.74) is 12.9. The predicted octanol–water partition coefficient (Wildman–Crippen LogP) is -17.0. The Kier molecular flexibility index (Phi) is 170. The zero-order chi connectivity index (χ0) is 30.0. The molecule has 350 valence electrons. The van der Waals surface area contributed by atoms with E-state index in [1.165, 1.54) is 12.7 Å². The molecule has 0 aromatic carbocycles. The van der Waals surface area contributed by atoms with E-state index in [0.29, 0.717) is 22.3 Å². The smallest absolute Gasteiger partial charge is 0.550 e. The third kappa shape index (κ3) is 74.8. The first kappa shape index (κ1) is 132. The Hall–Kier alpha value is -4.23. The summed E-state index contributed by atoms with van der Waals surface area (Å²) in [6, 6.07) is 0. The van der Waals surface area contributed by atoms with E-state index >= 15 is 0 Å². The van der Waals surface area contributed by atoms with Crippen LogP contribution >= 0.6 is 23.2 Å². The average molecular weight is 1070 g/mol. The summed E-state index contributed by atoms with van der Waals surface area (Å²) in [5.74, 6) is -4.04. The number of carboxylic acids is 4. The van der Waals surface area contributed by atoms with Gasteiger partial charge in [0.1, 0.15) is 11.0 Å². The predicted molar refractivity (Wildman–Crippen MR) is 183 cm³/mol. The van der Waals surface area contributed by atoms with Crippen molar-refractivity contribution < 1.29 is 166 Å². The number of fused-ring (bicyclic) bond motifs is 2. The number of aromatic nitrogens is 8. The molecular weight excluding hydrogens is 1020 g/mol. The van der Waals surface area contributed by atoms with Gasteiger partial charge >= 0.3 is 39.0 Å². The van der Waals surface area contributed by atoms with Gasteiger partial charge in [0, 0.05) is 23.9 Å². The quantitative estimate of drug-likeness (QED) is 0.0938. The van der Waals surface area contributed by atoms with E-state index in [-0.39, 0.29) is 149 Å². The molecule has 0 atom stereocenters. The molecule has 38 heteroatoms. The second-order valence-corrected chi connectivity index (χ2v) is 6.63. The molecule has 4 aromatic rings. The van der Waals surface area contributed by atoms with Gasteiger partial charge in [0.25, 0.3) is 0 Å². The Balaban J connectivity index is -0.0000000153. The zero-order valence-corrected chi connectivity index (χ0v) is 33.5. The number of rotatable bonds is 0. The average Bonchev–Trinajstić information content (AvgIpc) is 3.36. The number of hydrogen-bond acceptors (Lipinski definition) is 16. The van der Waals surface area contributed by atoms with Crippen molar-refractivity contribution in [2.24, 2.45) is 0 Å². The van der Waals surface area contributed by atoms with Gasteiger partial charge in [-0.15, -0.1) is 0 Å². The number of imidazole rings is 2. The summed E-state index contributed by atoms with van der Waals surface area (Å²) in [6.45, 7) is 3.89. The molecule has 0 aliphatic heterocycles. The summed E-state index contributed by atoms with van der Waals surface area (Å²) in [5, 5.41) is 36.1. The van der Waals surface area contributed by atoms with E-state index < -0.39 is 23.9 Å². The Labute approximate surface area is 348 Å². The van der Waals surface area contributed by atoms with Crippen LogP contribution < -0.4 is 31.9 Å². The number of nitrogens with zero attached hydrogens (tertiary/aromatic N) is 6. The van der Waals surface area contributed by atoms with E-state index in [1.807, 2.05) is 0 Å². The maximum atomic E-state index is 8.89. The first-order valence-electron chi connectivity index (χ1n) is 9.42. The fourth-order valence-electron chi connectivity index (χ4n) is 1.63. The standard InChI is InChI=1S/2C5H4ClN5.4C2H4O2.16H2O.2Rh/c2*6-3-2-4(9-1-8-2)11-5(7)10-3;4*1-2(3)4;;;;;;;;;;;;;;;;;;/h2*1H,(H3,7,8,9,10,11);4*1H3,(H,3,4);16*1H2;;/q;;;;;;;;;;;;;;;;;;;;;;2*+2/p-4. The van der Waals surface area contributed by atoms with Crippen LogP contribution in [0.4, 0.5) is 11.9 Å². The monoisotopic (exact) mass is 1070 g/mol. The maximum Gasteiger partial charge on any atom is 2.00 e. The van der Waals surface area contributed by atoms with Crippen LogP contribution in [0.1, 0.15) is 27.7 Å². The number of H-pyrrole nitrogens is 2. The van der Waals surface area contributed by atoms with Crippen LogP contribution in [0.3, 0.4) is 0 Å². The first-order valence-corrected chi connectivity index (χ1v) is 10.2. The molecule has 0 fully saturated rings. The molecule has 0 amide bonds. The minimum atomic E-state index is -1.08. The molecule has 34 nitrogen and oxygen atoms in total. The van der Waals surface area contributed by atoms with E-state index in [4.69, 9.17) is 74.3 Å². The molecule has 0 saturated heterocycles. The van der Waals surface area contributed by atoms with Gasteiger partial charge in [-0.25, -0.2) is 9.97 Å². The van der Waals surface area contributed by atoms with E-state index in [2.05, 4.69) is 39.9 Å². The van der Waals surface area contributed by atoms with Gasteiger partial charge in [-0.2, -0.15) is 19.9 Å². The molecule has 56 heavy (non-hydrogen) atoms. The summed E-state index contributed by atoms with van der Waals surface area (Å²) in [7, 11) is 0. The minimum absolute atomic E-state index is 0. The fraction of sp³-hybridized carbons (Fsp3) is 0.222. The van der Waals surface area contributed by atoms with Crippen molar-refractivity contribution in [1.82, 2.24) is 39.9 Å². The number of nitrogens with one attached hydrogen (secondary N) is 2. The largest absolute Gasteiger partial charge is 2.00 e. The molecule has 0 aliphatic carbocycles. The van der Waals surface area contributed by atoms with Crippen LogP contribution in [0.2, 0.25) is 10.3 Å². The molecule has 2 radical (unpaired) electrons. The topological polar surface area (TPSA) is 825 Å². The molecule has 4 rings (SSSR count). The molecule has 0 aliphatic rings. The number of anilines is 2. The van der Waals surface area contributed by atoms with E-state index in [1.54, 1.807) is 0 Å². The maximum absolute atomic E-state index is 8.89. The van der Waals surface area contributed by atoms with Gasteiger partial charge in [0.05, 0.1) is 12.7 Å². The number of hydrogen-bond donors (Lipinski definition) is 4. The van der Waals surface area contributed by atoms with E-state index in [0.717, 1.165) is 27.7 Å². The van der Waals surface area contributed by atoms with Crippen molar-refractivity contribution in [3.05, 3.63) is 23.0 Å². The van der Waals surface area contributed by atoms with Gasteiger partial charge in [-0.05, 0) is 27.7 Å². The first-order chi connectivity index (χ1) is 17.5. The number of carbonyl (C=O) groups excluding carboxylic acids is 4. The van der Waals surface area contributed by atoms with Crippen LogP contribution in [0.15, 0.2) is 12.7 Å².